The monoisotopic (exact) mass is 317 g/mol. The first-order valence-corrected chi connectivity index (χ1v) is 7.02. The van der Waals surface area contributed by atoms with E-state index in [1.165, 1.54) is 21.3 Å². The molecule has 0 spiro atoms. The van der Waals surface area contributed by atoms with Crippen molar-refractivity contribution in [1.29, 1.82) is 0 Å². The smallest absolute Gasteiger partial charge is 0.310 e. The largest absolute Gasteiger partial charge is 0.493 e. The highest BCUT2D eigenvalue weighted by Crippen LogP contribution is 2.38. The van der Waals surface area contributed by atoms with Gasteiger partial charge in [0.1, 0.15) is 6.61 Å². The summed E-state index contributed by atoms with van der Waals surface area (Å²) in [4.78, 5) is 16.1. The minimum absolute atomic E-state index is 0.101. The van der Waals surface area contributed by atoms with Crippen molar-refractivity contribution in [3.8, 4) is 17.2 Å². The van der Waals surface area contributed by atoms with E-state index in [0.29, 0.717) is 28.5 Å². The Morgan fingerprint density at radius 1 is 1.04 bits per heavy atom. The second-order valence-electron chi connectivity index (χ2n) is 4.69. The van der Waals surface area contributed by atoms with Gasteiger partial charge in [-0.25, -0.2) is 0 Å². The molecule has 6 nitrogen and oxygen atoms in total. The number of carbonyl (C=O) groups excluding carboxylic acids is 1. The molecule has 1 heterocycles. The van der Waals surface area contributed by atoms with Gasteiger partial charge in [-0.2, -0.15) is 0 Å². The fraction of sp³-hybridized carbons (Fsp3) is 0.294. The Balaban J connectivity index is 2.05. The van der Waals surface area contributed by atoms with Crippen LogP contribution < -0.4 is 14.2 Å². The van der Waals surface area contributed by atoms with Gasteiger partial charge in [-0.05, 0) is 29.8 Å². The summed E-state index contributed by atoms with van der Waals surface area (Å²) >= 11 is 0. The maximum absolute atomic E-state index is 12.0. The number of hydrogen-bond acceptors (Lipinski definition) is 6. The first-order chi connectivity index (χ1) is 11.2. The second kappa shape index (κ2) is 8.03. The summed E-state index contributed by atoms with van der Waals surface area (Å²) in [6.07, 6.45) is 1.76. The van der Waals surface area contributed by atoms with Crippen molar-refractivity contribution in [2.24, 2.45) is 0 Å². The molecular formula is C17H19NO5. The van der Waals surface area contributed by atoms with Crippen molar-refractivity contribution in [2.75, 3.05) is 21.3 Å². The maximum Gasteiger partial charge on any atom is 0.310 e. The molecule has 0 unspecified atom stereocenters. The average molecular weight is 317 g/mol. The predicted molar refractivity (Wildman–Crippen MR) is 83.8 cm³/mol. The number of hydrogen-bond donors (Lipinski definition) is 0. The van der Waals surface area contributed by atoms with Crippen LogP contribution in [0.1, 0.15) is 11.3 Å². The van der Waals surface area contributed by atoms with Crippen LogP contribution in [0.4, 0.5) is 0 Å². The zero-order valence-corrected chi connectivity index (χ0v) is 13.4. The van der Waals surface area contributed by atoms with E-state index in [2.05, 4.69) is 4.98 Å². The summed E-state index contributed by atoms with van der Waals surface area (Å²) in [5, 5.41) is 0. The Labute approximate surface area is 135 Å². The molecule has 1 aromatic carbocycles. The minimum Gasteiger partial charge on any atom is -0.493 e. The molecule has 0 atom stereocenters. The Hall–Kier alpha value is -2.76. The van der Waals surface area contributed by atoms with Crippen LogP contribution in [0.5, 0.6) is 17.2 Å². The zero-order valence-electron chi connectivity index (χ0n) is 13.4. The number of carbonyl (C=O) groups is 1. The van der Waals surface area contributed by atoms with Crippen molar-refractivity contribution in [2.45, 2.75) is 13.0 Å². The van der Waals surface area contributed by atoms with Crippen molar-refractivity contribution < 1.29 is 23.7 Å². The van der Waals surface area contributed by atoms with Gasteiger partial charge in [0, 0.05) is 6.20 Å². The lowest BCUT2D eigenvalue weighted by Gasteiger charge is -2.14. The number of aromatic nitrogens is 1. The maximum atomic E-state index is 12.0. The second-order valence-corrected chi connectivity index (χ2v) is 4.69. The minimum atomic E-state index is -0.357. The number of ether oxygens (including phenoxy) is 4. The third-order valence-corrected chi connectivity index (χ3v) is 3.18. The Morgan fingerprint density at radius 2 is 1.74 bits per heavy atom. The van der Waals surface area contributed by atoms with E-state index >= 15 is 0 Å². The van der Waals surface area contributed by atoms with E-state index in [0.717, 1.165) is 0 Å². The van der Waals surface area contributed by atoms with E-state index < -0.39 is 0 Å². The molecule has 2 rings (SSSR count). The van der Waals surface area contributed by atoms with Crippen LogP contribution in [0.2, 0.25) is 0 Å². The van der Waals surface area contributed by atoms with Crippen LogP contribution in [0.3, 0.4) is 0 Å². The lowest BCUT2D eigenvalue weighted by Crippen LogP contribution is -2.09. The number of benzene rings is 1. The van der Waals surface area contributed by atoms with Crippen molar-refractivity contribution >= 4 is 5.97 Å². The number of nitrogens with zero attached hydrogens (tertiary/aromatic N) is 1. The molecule has 0 bridgehead atoms. The highest BCUT2D eigenvalue weighted by atomic mass is 16.5. The summed E-state index contributed by atoms with van der Waals surface area (Å²) in [6, 6.07) is 8.90. The SMILES string of the molecule is COc1cc(CC(=O)OCc2ccccn2)cc(OC)c1OC. The van der Waals surface area contributed by atoms with Gasteiger partial charge in [0.05, 0.1) is 33.4 Å². The fourth-order valence-corrected chi connectivity index (χ4v) is 2.09. The summed E-state index contributed by atoms with van der Waals surface area (Å²) < 4.78 is 21.0. The quantitative estimate of drug-likeness (QED) is 0.731. The molecule has 0 aliphatic rings. The van der Waals surface area contributed by atoms with Crippen molar-refractivity contribution in [3.05, 3.63) is 47.8 Å². The molecule has 2 aromatic rings. The summed E-state index contributed by atoms with van der Waals surface area (Å²) in [5.74, 6) is 1.13. The summed E-state index contributed by atoms with van der Waals surface area (Å²) in [6.45, 7) is 0.143. The van der Waals surface area contributed by atoms with Gasteiger partial charge in [0.2, 0.25) is 5.75 Å². The van der Waals surface area contributed by atoms with E-state index in [1.54, 1.807) is 30.5 Å². The lowest BCUT2D eigenvalue weighted by atomic mass is 10.1. The predicted octanol–water partition coefficient (Wildman–Crippen LogP) is 2.39. The van der Waals surface area contributed by atoms with E-state index in [9.17, 15) is 4.79 Å². The molecule has 0 saturated carbocycles. The van der Waals surface area contributed by atoms with Crippen LogP contribution >= 0.6 is 0 Å². The molecule has 0 aliphatic carbocycles. The fourth-order valence-electron chi connectivity index (χ4n) is 2.09. The zero-order chi connectivity index (χ0) is 16.7. The van der Waals surface area contributed by atoms with Gasteiger partial charge in [-0.3, -0.25) is 9.78 Å². The summed E-state index contributed by atoms with van der Waals surface area (Å²) in [7, 11) is 4.59. The average Bonchev–Trinajstić information content (AvgIpc) is 2.59. The molecule has 0 saturated heterocycles. The third kappa shape index (κ3) is 4.35. The Morgan fingerprint density at radius 3 is 2.26 bits per heavy atom. The number of methoxy groups -OCH3 is 3. The molecule has 23 heavy (non-hydrogen) atoms. The van der Waals surface area contributed by atoms with Gasteiger partial charge in [-0.1, -0.05) is 6.07 Å². The van der Waals surface area contributed by atoms with Gasteiger partial charge >= 0.3 is 5.97 Å². The number of pyridine rings is 1. The highest BCUT2D eigenvalue weighted by Gasteiger charge is 2.15. The van der Waals surface area contributed by atoms with Crippen molar-refractivity contribution in [3.63, 3.8) is 0 Å². The topological polar surface area (TPSA) is 66.9 Å². The van der Waals surface area contributed by atoms with E-state index in [-0.39, 0.29) is 19.0 Å². The van der Waals surface area contributed by atoms with E-state index in [1.807, 2.05) is 6.07 Å². The van der Waals surface area contributed by atoms with E-state index in [4.69, 9.17) is 18.9 Å². The van der Waals surface area contributed by atoms with Crippen LogP contribution in [0.25, 0.3) is 0 Å². The van der Waals surface area contributed by atoms with Crippen LogP contribution in [-0.2, 0) is 22.6 Å². The highest BCUT2D eigenvalue weighted by molar-refractivity contribution is 5.73. The van der Waals surface area contributed by atoms with Crippen LogP contribution in [0.15, 0.2) is 36.5 Å². The first kappa shape index (κ1) is 16.6. The molecule has 0 aliphatic heterocycles. The lowest BCUT2D eigenvalue weighted by molar-refractivity contribution is -0.144. The number of esters is 1. The first-order valence-electron chi connectivity index (χ1n) is 7.02. The van der Waals surface area contributed by atoms with Crippen LogP contribution in [-0.4, -0.2) is 32.3 Å². The van der Waals surface area contributed by atoms with Crippen molar-refractivity contribution in [1.82, 2.24) is 4.98 Å². The Kier molecular flexibility index (Phi) is 5.80. The molecule has 0 amide bonds. The molecule has 0 fully saturated rings. The molecule has 1 aromatic heterocycles. The molecule has 122 valence electrons. The third-order valence-electron chi connectivity index (χ3n) is 3.18. The molecule has 6 heteroatoms. The van der Waals surface area contributed by atoms with Gasteiger partial charge in [-0.15, -0.1) is 0 Å². The molecular weight excluding hydrogens is 298 g/mol. The normalized spacial score (nSPS) is 10.0. The van der Waals surface area contributed by atoms with Crippen LogP contribution in [0, 0.1) is 0 Å². The summed E-state index contributed by atoms with van der Waals surface area (Å²) in [5.41, 5.74) is 1.41. The molecule has 0 radical (unpaired) electrons. The van der Waals surface area contributed by atoms with Gasteiger partial charge < -0.3 is 18.9 Å². The number of rotatable bonds is 7. The standard InChI is InChI=1S/C17H19NO5/c1-20-14-8-12(9-15(21-2)17(14)22-3)10-16(19)23-11-13-6-4-5-7-18-13/h4-9H,10-11H2,1-3H3. The Bertz CT molecular complexity index is 632. The molecule has 0 N–H and O–H groups in total. The van der Waals surface area contributed by atoms with Gasteiger partial charge in [0.15, 0.2) is 11.5 Å². The van der Waals surface area contributed by atoms with Gasteiger partial charge in [0.25, 0.3) is 0 Å².